The first-order valence-electron chi connectivity index (χ1n) is 4.91. The molecule has 4 nitrogen and oxygen atoms in total. The molecular weight excluding hydrogens is 207 g/mol. The molecule has 16 heavy (non-hydrogen) atoms. The molecule has 2 aromatic rings. The summed E-state index contributed by atoms with van der Waals surface area (Å²) in [4.78, 5) is 4.19. The molecule has 3 N–H and O–H groups in total. The van der Waals surface area contributed by atoms with Gasteiger partial charge in [-0.05, 0) is 17.7 Å². The smallest absolute Gasteiger partial charge is 0.131 e. The molecule has 1 heterocycles. The minimum atomic E-state index is -0.310. The molecule has 1 aromatic carbocycles. The van der Waals surface area contributed by atoms with Crippen LogP contribution in [0.15, 0.2) is 36.7 Å². The molecule has 1 aromatic heterocycles. The SMILES string of the molecule is Cn1ccnc1C(NN)c1cccc(F)c1. The van der Waals surface area contributed by atoms with Crippen molar-refractivity contribution in [2.45, 2.75) is 6.04 Å². The lowest BCUT2D eigenvalue weighted by Gasteiger charge is -2.16. The quantitative estimate of drug-likeness (QED) is 0.602. The van der Waals surface area contributed by atoms with Crippen LogP contribution in [-0.4, -0.2) is 9.55 Å². The normalized spacial score (nSPS) is 12.7. The maximum Gasteiger partial charge on any atom is 0.131 e. The third-order valence-corrected chi connectivity index (χ3v) is 2.47. The maximum atomic E-state index is 13.1. The Morgan fingerprint density at radius 1 is 1.50 bits per heavy atom. The molecule has 0 saturated heterocycles. The fraction of sp³-hybridized carbons (Fsp3) is 0.182. The number of rotatable bonds is 3. The lowest BCUT2D eigenvalue weighted by Crippen LogP contribution is -2.30. The summed E-state index contributed by atoms with van der Waals surface area (Å²) in [6.07, 6.45) is 3.50. The number of aryl methyl sites for hydroxylation is 1. The Balaban J connectivity index is 2.40. The summed E-state index contributed by atoms with van der Waals surface area (Å²) in [5.41, 5.74) is 3.39. The van der Waals surface area contributed by atoms with Gasteiger partial charge < -0.3 is 4.57 Å². The van der Waals surface area contributed by atoms with Gasteiger partial charge in [0.15, 0.2) is 0 Å². The number of nitrogens with zero attached hydrogens (tertiary/aromatic N) is 2. The molecule has 0 bridgehead atoms. The van der Waals surface area contributed by atoms with Crippen LogP contribution in [0.25, 0.3) is 0 Å². The highest BCUT2D eigenvalue weighted by molar-refractivity contribution is 5.25. The second-order valence-electron chi connectivity index (χ2n) is 3.55. The van der Waals surface area contributed by atoms with Crippen molar-refractivity contribution in [3.8, 4) is 0 Å². The minimum Gasteiger partial charge on any atom is -0.336 e. The van der Waals surface area contributed by atoms with Crippen LogP contribution in [0, 0.1) is 5.82 Å². The lowest BCUT2D eigenvalue weighted by atomic mass is 10.1. The summed E-state index contributed by atoms with van der Waals surface area (Å²) in [5, 5.41) is 0. The molecular formula is C11H13FN4. The summed E-state index contributed by atoms with van der Waals surface area (Å²) in [6, 6.07) is 5.99. The summed E-state index contributed by atoms with van der Waals surface area (Å²) < 4.78 is 15.0. The van der Waals surface area contributed by atoms with Crippen LogP contribution in [0.3, 0.4) is 0 Å². The van der Waals surface area contributed by atoms with Crippen molar-refractivity contribution in [2.24, 2.45) is 12.9 Å². The molecule has 0 aliphatic heterocycles. The topological polar surface area (TPSA) is 55.9 Å². The van der Waals surface area contributed by atoms with E-state index < -0.39 is 0 Å². The van der Waals surface area contributed by atoms with Gasteiger partial charge in [-0.3, -0.25) is 5.84 Å². The van der Waals surface area contributed by atoms with E-state index in [1.54, 1.807) is 12.3 Å². The van der Waals surface area contributed by atoms with E-state index in [9.17, 15) is 4.39 Å². The summed E-state index contributed by atoms with van der Waals surface area (Å²) in [5.74, 6) is 5.95. The van der Waals surface area contributed by atoms with Gasteiger partial charge in [0, 0.05) is 19.4 Å². The van der Waals surface area contributed by atoms with Crippen molar-refractivity contribution in [2.75, 3.05) is 0 Å². The van der Waals surface area contributed by atoms with Crippen LogP contribution in [0.1, 0.15) is 17.4 Å². The number of hydrogen-bond donors (Lipinski definition) is 2. The summed E-state index contributed by atoms with van der Waals surface area (Å²) in [7, 11) is 1.87. The Bertz CT molecular complexity index is 480. The largest absolute Gasteiger partial charge is 0.336 e. The van der Waals surface area contributed by atoms with Crippen LogP contribution in [0.4, 0.5) is 4.39 Å². The molecule has 0 aliphatic rings. The maximum absolute atomic E-state index is 13.1. The minimum absolute atomic E-state index is 0.285. The molecule has 5 heteroatoms. The van der Waals surface area contributed by atoms with Crippen molar-refractivity contribution in [3.63, 3.8) is 0 Å². The molecule has 0 saturated carbocycles. The zero-order chi connectivity index (χ0) is 11.5. The summed E-state index contributed by atoms with van der Waals surface area (Å²) >= 11 is 0. The van der Waals surface area contributed by atoms with Gasteiger partial charge in [0.1, 0.15) is 17.7 Å². The summed E-state index contributed by atoms with van der Waals surface area (Å²) in [6.45, 7) is 0. The highest BCUT2D eigenvalue weighted by Gasteiger charge is 2.16. The Labute approximate surface area is 92.9 Å². The molecule has 0 amide bonds. The molecule has 0 aliphatic carbocycles. The van der Waals surface area contributed by atoms with Crippen molar-refractivity contribution >= 4 is 0 Å². The van der Waals surface area contributed by atoms with E-state index in [2.05, 4.69) is 10.4 Å². The molecule has 1 atom stereocenters. The van der Waals surface area contributed by atoms with E-state index in [-0.39, 0.29) is 11.9 Å². The molecule has 0 spiro atoms. The van der Waals surface area contributed by atoms with Gasteiger partial charge in [0.05, 0.1) is 0 Å². The number of hydrogen-bond acceptors (Lipinski definition) is 3. The van der Waals surface area contributed by atoms with Crippen LogP contribution >= 0.6 is 0 Å². The first-order chi connectivity index (χ1) is 7.72. The lowest BCUT2D eigenvalue weighted by molar-refractivity contribution is 0.570. The highest BCUT2D eigenvalue weighted by Crippen LogP contribution is 2.19. The number of nitrogens with one attached hydrogen (secondary N) is 1. The third kappa shape index (κ3) is 1.95. The molecule has 0 fully saturated rings. The Morgan fingerprint density at radius 2 is 2.31 bits per heavy atom. The van der Waals surface area contributed by atoms with Crippen LogP contribution in [0.2, 0.25) is 0 Å². The number of benzene rings is 1. The second kappa shape index (κ2) is 4.42. The highest BCUT2D eigenvalue weighted by atomic mass is 19.1. The van der Waals surface area contributed by atoms with Crippen molar-refractivity contribution in [3.05, 3.63) is 53.9 Å². The number of imidazole rings is 1. The zero-order valence-corrected chi connectivity index (χ0v) is 8.89. The fourth-order valence-electron chi connectivity index (χ4n) is 1.66. The zero-order valence-electron chi connectivity index (χ0n) is 8.89. The number of aromatic nitrogens is 2. The second-order valence-corrected chi connectivity index (χ2v) is 3.55. The third-order valence-electron chi connectivity index (χ3n) is 2.47. The molecule has 1 unspecified atom stereocenters. The van der Waals surface area contributed by atoms with Crippen molar-refractivity contribution in [1.29, 1.82) is 0 Å². The van der Waals surface area contributed by atoms with Gasteiger partial charge in [0.25, 0.3) is 0 Å². The van der Waals surface area contributed by atoms with E-state index in [0.717, 1.165) is 11.4 Å². The van der Waals surface area contributed by atoms with Crippen LogP contribution in [0.5, 0.6) is 0 Å². The first-order valence-corrected chi connectivity index (χ1v) is 4.91. The van der Waals surface area contributed by atoms with E-state index in [4.69, 9.17) is 5.84 Å². The monoisotopic (exact) mass is 220 g/mol. The molecule has 2 rings (SSSR count). The van der Waals surface area contributed by atoms with Gasteiger partial charge in [-0.2, -0.15) is 0 Å². The van der Waals surface area contributed by atoms with E-state index in [1.807, 2.05) is 23.9 Å². The Morgan fingerprint density at radius 3 is 2.88 bits per heavy atom. The van der Waals surface area contributed by atoms with E-state index >= 15 is 0 Å². The number of nitrogens with two attached hydrogens (primary N) is 1. The average Bonchev–Trinajstić information content (AvgIpc) is 2.67. The van der Waals surface area contributed by atoms with Gasteiger partial charge in [-0.1, -0.05) is 12.1 Å². The van der Waals surface area contributed by atoms with Gasteiger partial charge in [-0.25, -0.2) is 14.8 Å². The van der Waals surface area contributed by atoms with E-state index in [0.29, 0.717) is 0 Å². The molecule has 84 valence electrons. The molecule has 0 radical (unpaired) electrons. The Kier molecular flexibility index (Phi) is 2.98. The van der Waals surface area contributed by atoms with Crippen molar-refractivity contribution in [1.82, 2.24) is 15.0 Å². The van der Waals surface area contributed by atoms with Gasteiger partial charge >= 0.3 is 0 Å². The van der Waals surface area contributed by atoms with Gasteiger partial charge in [-0.15, -0.1) is 0 Å². The van der Waals surface area contributed by atoms with E-state index in [1.165, 1.54) is 12.1 Å². The average molecular weight is 220 g/mol. The predicted octanol–water partition coefficient (Wildman–Crippen LogP) is 1.11. The first kappa shape index (κ1) is 10.8. The van der Waals surface area contributed by atoms with Crippen molar-refractivity contribution < 1.29 is 4.39 Å². The van der Waals surface area contributed by atoms with Crippen LogP contribution < -0.4 is 11.3 Å². The fourth-order valence-corrected chi connectivity index (χ4v) is 1.66. The number of halogens is 1. The predicted molar refractivity (Wildman–Crippen MR) is 58.8 cm³/mol. The standard InChI is InChI=1S/C11H13FN4/c1-16-6-5-14-11(16)10(15-13)8-3-2-4-9(12)7-8/h2-7,10,15H,13H2,1H3. The van der Waals surface area contributed by atoms with Gasteiger partial charge in [0.2, 0.25) is 0 Å². The number of hydrazine groups is 1. The Hall–Kier alpha value is -1.72. The van der Waals surface area contributed by atoms with Crippen LogP contribution in [-0.2, 0) is 7.05 Å².